The van der Waals surface area contributed by atoms with Crippen molar-refractivity contribution in [3.05, 3.63) is 70.3 Å². The van der Waals surface area contributed by atoms with Gasteiger partial charge in [-0.25, -0.2) is 8.42 Å². The highest BCUT2D eigenvalue weighted by molar-refractivity contribution is 7.91. The Bertz CT molecular complexity index is 1170. The van der Waals surface area contributed by atoms with Crippen molar-refractivity contribution < 1.29 is 28.2 Å². The first kappa shape index (κ1) is 20.4. The molecule has 7 nitrogen and oxygen atoms in total. The third-order valence-electron chi connectivity index (χ3n) is 5.39. The minimum Gasteiger partial charge on any atom is -0.508 e. The lowest BCUT2D eigenvalue weighted by molar-refractivity contribution is -0.141. The van der Waals surface area contributed by atoms with Crippen molar-refractivity contribution in [1.82, 2.24) is 4.90 Å². The fourth-order valence-corrected chi connectivity index (χ4v) is 5.84. The number of aliphatic hydroxyl groups excluding tert-OH is 1. The van der Waals surface area contributed by atoms with Gasteiger partial charge in [0.15, 0.2) is 9.84 Å². The summed E-state index contributed by atoms with van der Waals surface area (Å²) < 4.78 is 24.0. The first-order valence-electron chi connectivity index (χ1n) is 9.23. The lowest BCUT2D eigenvalue weighted by Gasteiger charge is -2.30. The van der Waals surface area contributed by atoms with Gasteiger partial charge in [0.1, 0.15) is 11.5 Å². The van der Waals surface area contributed by atoms with Gasteiger partial charge in [-0.1, -0.05) is 23.7 Å². The molecule has 2 aliphatic heterocycles. The van der Waals surface area contributed by atoms with Crippen molar-refractivity contribution in [2.45, 2.75) is 18.5 Å². The first-order chi connectivity index (χ1) is 14.2. The maximum absolute atomic E-state index is 12.9. The third-order valence-corrected chi connectivity index (χ3v) is 7.39. The number of rotatable bonds is 3. The zero-order valence-corrected chi connectivity index (χ0v) is 17.2. The van der Waals surface area contributed by atoms with E-state index < -0.39 is 33.6 Å². The molecule has 2 aromatic carbocycles. The first-order valence-corrected chi connectivity index (χ1v) is 11.4. The van der Waals surface area contributed by atoms with Gasteiger partial charge in [0.05, 0.1) is 23.1 Å². The van der Waals surface area contributed by atoms with Crippen LogP contribution in [0.4, 0.5) is 0 Å². The highest BCUT2D eigenvalue weighted by Crippen LogP contribution is 2.42. The maximum Gasteiger partial charge on any atom is 0.295 e. The standard InChI is InChI=1S/C21H18ClNO6S/c22-14-6-4-12(5-7-14)19(25)17-18(13-2-1-3-16(24)10-13)23(21(27)20(17)26)15-8-9-30(28,29)11-15/h1-7,10,15,18,24-25H,8-9,11H2/t15-,18+/m1/s1. The van der Waals surface area contributed by atoms with Gasteiger partial charge in [0.2, 0.25) is 0 Å². The molecule has 0 unspecified atom stereocenters. The van der Waals surface area contributed by atoms with Crippen LogP contribution in [0.2, 0.25) is 5.02 Å². The summed E-state index contributed by atoms with van der Waals surface area (Å²) in [6.45, 7) is 0. The molecule has 0 aromatic heterocycles. The maximum atomic E-state index is 12.9. The summed E-state index contributed by atoms with van der Waals surface area (Å²) >= 11 is 5.89. The van der Waals surface area contributed by atoms with E-state index in [2.05, 4.69) is 0 Å². The summed E-state index contributed by atoms with van der Waals surface area (Å²) in [4.78, 5) is 27.1. The van der Waals surface area contributed by atoms with Crippen LogP contribution < -0.4 is 0 Å². The summed E-state index contributed by atoms with van der Waals surface area (Å²) in [5.41, 5.74) is 0.535. The number of carbonyl (C=O) groups is 2. The fourth-order valence-electron chi connectivity index (χ4n) is 4.01. The molecule has 2 atom stereocenters. The number of carbonyl (C=O) groups excluding carboxylic acids is 2. The number of phenols is 1. The van der Waals surface area contributed by atoms with E-state index >= 15 is 0 Å². The quantitative estimate of drug-likeness (QED) is 0.425. The summed E-state index contributed by atoms with van der Waals surface area (Å²) in [5.74, 6) is -2.58. The number of ketones is 1. The summed E-state index contributed by atoms with van der Waals surface area (Å²) in [6.07, 6.45) is 0.200. The Morgan fingerprint density at radius 3 is 2.40 bits per heavy atom. The lowest BCUT2D eigenvalue weighted by Crippen LogP contribution is -2.40. The lowest BCUT2D eigenvalue weighted by atomic mass is 9.94. The Kier molecular flexibility index (Phi) is 5.07. The van der Waals surface area contributed by atoms with Crippen LogP contribution >= 0.6 is 11.6 Å². The van der Waals surface area contributed by atoms with Gasteiger partial charge in [0, 0.05) is 16.6 Å². The fraction of sp³-hybridized carbons (Fsp3) is 0.238. The molecule has 2 fully saturated rings. The molecule has 0 spiro atoms. The smallest absolute Gasteiger partial charge is 0.295 e. The molecule has 4 rings (SSSR count). The van der Waals surface area contributed by atoms with Crippen LogP contribution in [-0.2, 0) is 19.4 Å². The molecule has 2 heterocycles. The van der Waals surface area contributed by atoms with Crippen molar-refractivity contribution >= 4 is 38.9 Å². The minimum absolute atomic E-state index is 0.0788. The molecule has 156 valence electrons. The Morgan fingerprint density at radius 2 is 1.80 bits per heavy atom. The molecule has 0 radical (unpaired) electrons. The Hall–Kier alpha value is -2.84. The van der Waals surface area contributed by atoms with Crippen LogP contribution in [0.1, 0.15) is 23.6 Å². The average Bonchev–Trinajstić information content (AvgIpc) is 3.18. The van der Waals surface area contributed by atoms with Crippen LogP contribution in [0.3, 0.4) is 0 Å². The summed E-state index contributed by atoms with van der Waals surface area (Å²) in [5, 5.41) is 21.3. The van der Waals surface area contributed by atoms with E-state index in [4.69, 9.17) is 11.6 Å². The van der Waals surface area contributed by atoms with E-state index in [0.717, 1.165) is 0 Å². The second-order valence-electron chi connectivity index (χ2n) is 7.37. The van der Waals surface area contributed by atoms with Crippen LogP contribution in [0.25, 0.3) is 5.76 Å². The molecule has 0 saturated carbocycles. The predicted molar refractivity (Wildman–Crippen MR) is 111 cm³/mol. The third kappa shape index (κ3) is 3.57. The molecule has 2 saturated heterocycles. The number of hydrogen-bond acceptors (Lipinski definition) is 6. The van der Waals surface area contributed by atoms with E-state index in [9.17, 15) is 28.2 Å². The highest BCUT2D eigenvalue weighted by Gasteiger charge is 2.51. The number of nitrogens with zero attached hydrogens (tertiary/aromatic N) is 1. The average molecular weight is 448 g/mol. The number of aromatic hydroxyl groups is 1. The van der Waals surface area contributed by atoms with Crippen LogP contribution in [0.15, 0.2) is 54.1 Å². The topological polar surface area (TPSA) is 112 Å². The van der Waals surface area contributed by atoms with Crippen LogP contribution in [-0.4, -0.2) is 52.8 Å². The van der Waals surface area contributed by atoms with E-state index in [-0.39, 0.29) is 35.0 Å². The highest BCUT2D eigenvalue weighted by atomic mass is 35.5. The van der Waals surface area contributed by atoms with Crippen molar-refractivity contribution in [3.63, 3.8) is 0 Å². The zero-order chi connectivity index (χ0) is 21.6. The molecule has 2 aliphatic rings. The Balaban J connectivity index is 1.90. The monoisotopic (exact) mass is 447 g/mol. The zero-order valence-electron chi connectivity index (χ0n) is 15.7. The summed E-state index contributed by atoms with van der Waals surface area (Å²) in [7, 11) is -3.33. The summed E-state index contributed by atoms with van der Waals surface area (Å²) in [6, 6.07) is 10.4. The van der Waals surface area contributed by atoms with Gasteiger partial charge in [0.25, 0.3) is 11.7 Å². The molecule has 9 heteroatoms. The van der Waals surface area contributed by atoms with Gasteiger partial charge in [-0.3, -0.25) is 9.59 Å². The SMILES string of the molecule is O=C1C(=O)N([C@@H]2CCS(=O)(=O)C2)[C@@H](c2cccc(O)c2)C1=C(O)c1ccc(Cl)cc1. The number of benzene rings is 2. The molecule has 2 N–H and O–H groups in total. The number of likely N-dealkylation sites (tertiary alicyclic amines) is 1. The molecule has 2 aromatic rings. The van der Waals surface area contributed by atoms with E-state index in [0.29, 0.717) is 16.1 Å². The number of amides is 1. The van der Waals surface area contributed by atoms with E-state index in [1.165, 1.54) is 29.2 Å². The van der Waals surface area contributed by atoms with Crippen molar-refractivity contribution in [2.75, 3.05) is 11.5 Å². The number of halogens is 1. The van der Waals surface area contributed by atoms with Gasteiger partial charge in [-0.05, 0) is 48.4 Å². The molecule has 0 aliphatic carbocycles. The number of Topliss-reactive ketones (excluding diaryl/α,β-unsaturated/α-hetero) is 1. The number of aliphatic hydroxyl groups is 1. The minimum atomic E-state index is -3.33. The normalized spacial score (nSPS) is 25.0. The largest absolute Gasteiger partial charge is 0.508 e. The number of phenolic OH excluding ortho intramolecular Hbond substituents is 1. The van der Waals surface area contributed by atoms with Crippen LogP contribution in [0, 0.1) is 0 Å². The van der Waals surface area contributed by atoms with Crippen molar-refractivity contribution in [3.8, 4) is 5.75 Å². The second kappa shape index (κ2) is 7.45. The predicted octanol–water partition coefficient (Wildman–Crippen LogP) is 2.65. The second-order valence-corrected chi connectivity index (χ2v) is 10.0. The molecule has 1 amide bonds. The van der Waals surface area contributed by atoms with Crippen molar-refractivity contribution in [1.29, 1.82) is 0 Å². The van der Waals surface area contributed by atoms with Crippen molar-refractivity contribution in [2.24, 2.45) is 0 Å². The van der Waals surface area contributed by atoms with Gasteiger partial charge in [-0.2, -0.15) is 0 Å². The molecular weight excluding hydrogens is 430 g/mol. The number of sulfone groups is 1. The molecule has 30 heavy (non-hydrogen) atoms. The van der Waals surface area contributed by atoms with Gasteiger partial charge < -0.3 is 15.1 Å². The molecule has 0 bridgehead atoms. The van der Waals surface area contributed by atoms with Gasteiger partial charge in [-0.15, -0.1) is 0 Å². The van der Waals surface area contributed by atoms with E-state index in [1.807, 2.05) is 0 Å². The number of hydrogen-bond donors (Lipinski definition) is 2. The Labute approximate surface area is 178 Å². The molecular formula is C21H18ClNO6S. The Morgan fingerprint density at radius 1 is 1.10 bits per heavy atom. The van der Waals surface area contributed by atoms with Crippen LogP contribution in [0.5, 0.6) is 5.75 Å². The van der Waals surface area contributed by atoms with Gasteiger partial charge >= 0.3 is 0 Å². The van der Waals surface area contributed by atoms with E-state index in [1.54, 1.807) is 24.3 Å².